The summed E-state index contributed by atoms with van der Waals surface area (Å²) in [5, 5.41) is 12.5. The molecule has 4 nitrogen and oxygen atoms in total. The van der Waals surface area contributed by atoms with E-state index in [0.29, 0.717) is 29.9 Å². The average molecular weight is 307 g/mol. The molecular weight excluding hydrogens is 285 g/mol. The Balaban J connectivity index is 2.00. The molecule has 0 radical (unpaired) electrons. The van der Waals surface area contributed by atoms with Crippen LogP contribution in [-0.2, 0) is 0 Å². The number of carbonyl (C=O) groups excluding carboxylic acids is 1. The molecule has 120 valence electrons. The lowest BCUT2D eigenvalue weighted by atomic mass is 9.94. The summed E-state index contributed by atoms with van der Waals surface area (Å²) in [5.74, 6) is 0.231. The van der Waals surface area contributed by atoms with Crippen molar-refractivity contribution in [3.8, 4) is 0 Å². The molecular formula is C17H22FNO3. The van der Waals surface area contributed by atoms with E-state index in [4.69, 9.17) is 9.52 Å². The summed E-state index contributed by atoms with van der Waals surface area (Å²) in [6, 6.07) is 5.68. The summed E-state index contributed by atoms with van der Waals surface area (Å²) in [4.78, 5) is 12.1. The Labute approximate surface area is 129 Å². The van der Waals surface area contributed by atoms with Crippen molar-refractivity contribution in [3.63, 3.8) is 0 Å². The number of nitrogens with one attached hydrogen (secondary N) is 1. The van der Waals surface area contributed by atoms with Crippen LogP contribution in [0.15, 0.2) is 28.7 Å². The van der Waals surface area contributed by atoms with Crippen molar-refractivity contribution in [2.24, 2.45) is 11.8 Å². The Kier molecular flexibility index (Phi) is 5.55. The first-order valence-corrected chi connectivity index (χ1v) is 7.57. The molecule has 5 heteroatoms. The zero-order valence-electron chi connectivity index (χ0n) is 12.9. The van der Waals surface area contributed by atoms with Gasteiger partial charge in [0.15, 0.2) is 5.76 Å². The van der Waals surface area contributed by atoms with Gasteiger partial charge in [0.25, 0.3) is 5.91 Å². The van der Waals surface area contributed by atoms with Crippen LogP contribution in [0.3, 0.4) is 0 Å². The number of carbonyl (C=O) groups is 1. The van der Waals surface area contributed by atoms with E-state index in [1.807, 2.05) is 0 Å². The molecule has 1 unspecified atom stereocenters. The number of aliphatic hydroxyl groups excluding tert-OH is 1. The van der Waals surface area contributed by atoms with Gasteiger partial charge in [-0.05, 0) is 48.9 Å². The SMILES string of the molecule is CC(C)CC(CCO)CNC(=O)c1cc2cc(F)ccc2o1. The zero-order valence-corrected chi connectivity index (χ0v) is 12.9. The molecule has 1 heterocycles. The summed E-state index contributed by atoms with van der Waals surface area (Å²) in [6.45, 7) is 4.82. The smallest absolute Gasteiger partial charge is 0.287 e. The van der Waals surface area contributed by atoms with Crippen LogP contribution >= 0.6 is 0 Å². The highest BCUT2D eigenvalue weighted by Crippen LogP contribution is 2.20. The predicted molar refractivity (Wildman–Crippen MR) is 83.2 cm³/mol. The molecule has 0 fully saturated rings. The van der Waals surface area contributed by atoms with Gasteiger partial charge in [0.05, 0.1) is 0 Å². The van der Waals surface area contributed by atoms with Crippen LogP contribution < -0.4 is 5.32 Å². The minimum Gasteiger partial charge on any atom is -0.451 e. The molecule has 2 N–H and O–H groups in total. The van der Waals surface area contributed by atoms with Crippen molar-refractivity contribution in [1.82, 2.24) is 5.32 Å². The lowest BCUT2D eigenvalue weighted by Crippen LogP contribution is -2.30. The van der Waals surface area contributed by atoms with Gasteiger partial charge < -0.3 is 14.8 Å². The van der Waals surface area contributed by atoms with Crippen LogP contribution in [0.1, 0.15) is 37.2 Å². The maximum Gasteiger partial charge on any atom is 0.287 e. The van der Waals surface area contributed by atoms with E-state index < -0.39 is 0 Å². The van der Waals surface area contributed by atoms with Crippen molar-refractivity contribution >= 4 is 16.9 Å². The summed E-state index contributed by atoms with van der Waals surface area (Å²) < 4.78 is 18.6. The minimum absolute atomic E-state index is 0.108. The van der Waals surface area contributed by atoms with E-state index >= 15 is 0 Å². The highest BCUT2D eigenvalue weighted by Gasteiger charge is 2.16. The number of furan rings is 1. The van der Waals surface area contributed by atoms with Gasteiger partial charge in [-0.1, -0.05) is 13.8 Å². The minimum atomic E-state index is -0.361. The molecule has 1 aromatic heterocycles. The molecule has 2 rings (SSSR count). The molecule has 0 aliphatic rings. The fourth-order valence-electron chi connectivity index (χ4n) is 2.60. The topological polar surface area (TPSA) is 62.5 Å². The van der Waals surface area contributed by atoms with E-state index in [9.17, 15) is 9.18 Å². The van der Waals surface area contributed by atoms with E-state index in [1.165, 1.54) is 24.3 Å². The van der Waals surface area contributed by atoms with Crippen LogP contribution in [0.5, 0.6) is 0 Å². The Morgan fingerprint density at radius 1 is 1.36 bits per heavy atom. The average Bonchev–Trinajstić information content (AvgIpc) is 2.87. The molecule has 22 heavy (non-hydrogen) atoms. The molecule has 2 aromatic rings. The fraction of sp³-hybridized carbons (Fsp3) is 0.471. The highest BCUT2D eigenvalue weighted by atomic mass is 19.1. The van der Waals surface area contributed by atoms with Crippen molar-refractivity contribution in [2.45, 2.75) is 26.7 Å². The number of amides is 1. The molecule has 0 bridgehead atoms. The molecule has 0 saturated carbocycles. The van der Waals surface area contributed by atoms with Gasteiger partial charge in [-0.15, -0.1) is 0 Å². The maximum absolute atomic E-state index is 13.1. The van der Waals surface area contributed by atoms with Gasteiger partial charge in [-0.2, -0.15) is 0 Å². The summed E-state index contributed by atoms with van der Waals surface area (Å²) >= 11 is 0. The molecule has 1 aromatic carbocycles. The van der Waals surface area contributed by atoms with Crippen molar-refractivity contribution in [2.75, 3.05) is 13.2 Å². The van der Waals surface area contributed by atoms with Crippen LogP contribution in [0.25, 0.3) is 11.0 Å². The molecule has 1 amide bonds. The third-order valence-electron chi connectivity index (χ3n) is 3.60. The Bertz CT molecular complexity index is 636. The highest BCUT2D eigenvalue weighted by molar-refractivity contribution is 5.96. The van der Waals surface area contributed by atoms with Gasteiger partial charge in [-0.25, -0.2) is 4.39 Å². The van der Waals surface area contributed by atoms with Gasteiger partial charge >= 0.3 is 0 Å². The largest absolute Gasteiger partial charge is 0.451 e. The fourth-order valence-corrected chi connectivity index (χ4v) is 2.60. The van der Waals surface area contributed by atoms with Crippen LogP contribution in [0.2, 0.25) is 0 Å². The molecule has 0 aliphatic carbocycles. The summed E-state index contributed by atoms with van der Waals surface area (Å²) in [7, 11) is 0. The van der Waals surface area contributed by atoms with E-state index in [2.05, 4.69) is 19.2 Å². The first kappa shape index (κ1) is 16.5. The molecule has 0 saturated heterocycles. The molecule has 1 atom stereocenters. The van der Waals surface area contributed by atoms with Gasteiger partial charge in [0.2, 0.25) is 0 Å². The second kappa shape index (κ2) is 7.40. The Hall–Kier alpha value is -1.88. The second-order valence-corrected chi connectivity index (χ2v) is 6.01. The predicted octanol–water partition coefficient (Wildman–Crippen LogP) is 3.35. The number of aliphatic hydroxyl groups is 1. The van der Waals surface area contributed by atoms with Crippen LogP contribution in [0, 0.1) is 17.7 Å². The first-order valence-electron chi connectivity index (χ1n) is 7.57. The number of hydrogen-bond donors (Lipinski definition) is 2. The van der Waals surface area contributed by atoms with E-state index in [-0.39, 0.29) is 30.0 Å². The summed E-state index contributed by atoms with van der Waals surface area (Å²) in [5.41, 5.74) is 0.487. The number of benzene rings is 1. The maximum atomic E-state index is 13.1. The Morgan fingerprint density at radius 3 is 2.82 bits per heavy atom. The Morgan fingerprint density at radius 2 is 2.14 bits per heavy atom. The van der Waals surface area contributed by atoms with Gasteiger partial charge in [-0.3, -0.25) is 4.79 Å². The number of rotatable bonds is 7. The zero-order chi connectivity index (χ0) is 16.1. The number of halogens is 1. The van der Waals surface area contributed by atoms with E-state index in [0.717, 1.165) is 6.42 Å². The number of fused-ring (bicyclic) bond motifs is 1. The van der Waals surface area contributed by atoms with E-state index in [1.54, 1.807) is 0 Å². The van der Waals surface area contributed by atoms with Crippen LogP contribution in [0.4, 0.5) is 4.39 Å². The first-order chi connectivity index (χ1) is 10.5. The quantitative estimate of drug-likeness (QED) is 0.824. The van der Waals surface area contributed by atoms with Gasteiger partial charge in [0, 0.05) is 18.5 Å². The summed E-state index contributed by atoms with van der Waals surface area (Å²) in [6.07, 6.45) is 1.59. The van der Waals surface area contributed by atoms with Crippen LogP contribution in [-0.4, -0.2) is 24.2 Å². The monoisotopic (exact) mass is 307 g/mol. The normalized spacial score (nSPS) is 12.8. The third kappa shape index (κ3) is 4.31. The lowest BCUT2D eigenvalue weighted by molar-refractivity contribution is 0.0916. The standard InChI is InChI=1S/C17H22FNO3/c1-11(2)7-12(5-6-20)10-19-17(21)16-9-13-8-14(18)3-4-15(13)22-16/h3-4,8-9,11-12,20H,5-7,10H2,1-2H3,(H,19,21). The van der Waals surface area contributed by atoms with Crippen molar-refractivity contribution in [1.29, 1.82) is 0 Å². The van der Waals surface area contributed by atoms with Gasteiger partial charge in [0.1, 0.15) is 11.4 Å². The third-order valence-corrected chi connectivity index (χ3v) is 3.60. The molecule has 0 spiro atoms. The lowest BCUT2D eigenvalue weighted by Gasteiger charge is -2.18. The number of hydrogen-bond acceptors (Lipinski definition) is 3. The second-order valence-electron chi connectivity index (χ2n) is 6.01. The van der Waals surface area contributed by atoms with Crippen molar-refractivity contribution in [3.05, 3.63) is 35.8 Å². The van der Waals surface area contributed by atoms with Crippen molar-refractivity contribution < 1.29 is 18.7 Å². The molecule has 0 aliphatic heterocycles.